The predicted molar refractivity (Wildman–Crippen MR) is 91.9 cm³/mol. The van der Waals surface area contributed by atoms with Gasteiger partial charge in [-0.15, -0.1) is 0 Å². The lowest BCUT2D eigenvalue weighted by Crippen LogP contribution is -2.40. The summed E-state index contributed by atoms with van der Waals surface area (Å²) in [6, 6.07) is 0. The molecule has 0 spiro atoms. The summed E-state index contributed by atoms with van der Waals surface area (Å²) in [5, 5.41) is 10.7. The van der Waals surface area contributed by atoms with Crippen LogP contribution >= 0.6 is 0 Å². The summed E-state index contributed by atoms with van der Waals surface area (Å²) in [7, 11) is 0. The van der Waals surface area contributed by atoms with Crippen LogP contribution in [-0.2, 0) is 23.8 Å². The molecule has 0 bridgehead atoms. The molecule has 0 radical (unpaired) electrons. The number of carbonyl (C=O) groups is 2. The smallest absolute Gasteiger partial charge is 0.334 e. The number of hydrogen-bond donors (Lipinski definition) is 1. The van der Waals surface area contributed by atoms with Gasteiger partial charge in [-0.1, -0.05) is 18.2 Å². The van der Waals surface area contributed by atoms with E-state index >= 15 is 0 Å². The van der Waals surface area contributed by atoms with Crippen molar-refractivity contribution in [3.8, 4) is 0 Å². The van der Waals surface area contributed by atoms with E-state index in [4.69, 9.17) is 14.2 Å². The quantitative estimate of drug-likeness (QED) is 0.350. The summed E-state index contributed by atoms with van der Waals surface area (Å²) in [4.78, 5) is 24.6. The largest absolute Gasteiger partial charge is 0.458 e. The Morgan fingerprint density at radius 2 is 2.15 bits per heavy atom. The maximum absolute atomic E-state index is 12.3. The molecule has 6 nitrogen and oxygen atoms in total. The minimum atomic E-state index is -0.718. The lowest BCUT2D eigenvalue weighted by Gasteiger charge is -2.30. The highest BCUT2D eigenvalue weighted by atomic mass is 16.6. The van der Waals surface area contributed by atoms with Gasteiger partial charge < -0.3 is 19.3 Å². The Morgan fingerprint density at radius 3 is 2.81 bits per heavy atom. The van der Waals surface area contributed by atoms with E-state index in [1.807, 2.05) is 13.8 Å². The highest BCUT2D eigenvalue weighted by Gasteiger charge is 2.73. The molecule has 0 aromatic heterocycles. The van der Waals surface area contributed by atoms with Crippen LogP contribution in [0.1, 0.15) is 34.1 Å². The third-order valence-corrected chi connectivity index (χ3v) is 6.45. The number of aliphatic hydroxyl groups excluding tert-OH is 1. The van der Waals surface area contributed by atoms with E-state index in [1.54, 1.807) is 19.9 Å². The van der Waals surface area contributed by atoms with Gasteiger partial charge in [0.15, 0.2) is 0 Å². The van der Waals surface area contributed by atoms with Gasteiger partial charge in [-0.2, -0.15) is 0 Å². The van der Waals surface area contributed by atoms with Crippen LogP contribution in [0.4, 0.5) is 0 Å². The van der Waals surface area contributed by atoms with Crippen LogP contribution in [0.2, 0.25) is 0 Å². The molecule has 6 heteroatoms. The Kier molecular flexibility index (Phi) is 3.72. The molecule has 2 saturated heterocycles. The fourth-order valence-corrected chi connectivity index (χ4v) is 4.87. The van der Waals surface area contributed by atoms with Crippen molar-refractivity contribution in [3.05, 3.63) is 34.9 Å². The summed E-state index contributed by atoms with van der Waals surface area (Å²) in [6.45, 7) is 11.2. The Morgan fingerprint density at radius 1 is 1.46 bits per heavy atom. The first-order valence-corrected chi connectivity index (χ1v) is 8.99. The first-order valence-electron chi connectivity index (χ1n) is 8.99. The van der Waals surface area contributed by atoms with Gasteiger partial charge in [0.05, 0.1) is 11.8 Å². The summed E-state index contributed by atoms with van der Waals surface area (Å²) in [5.74, 6) is -1.58. The molecule has 0 aromatic carbocycles. The van der Waals surface area contributed by atoms with E-state index in [-0.39, 0.29) is 12.0 Å². The first kappa shape index (κ1) is 17.5. The zero-order chi connectivity index (χ0) is 19.0. The van der Waals surface area contributed by atoms with Crippen molar-refractivity contribution < 1.29 is 28.9 Å². The molecule has 2 heterocycles. The average molecular weight is 360 g/mol. The van der Waals surface area contributed by atoms with Crippen molar-refractivity contribution in [1.29, 1.82) is 0 Å². The second kappa shape index (κ2) is 5.54. The fourth-order valence-electron chi connectivity index (χ4n) is 4.87. The molecule has 1 saturated carbocycles. The molecule has 2 aliphatic carbocycles. The van der Waals surface area contributed by atoms with E-state index < -0.39 is 41.8 Å². The first-order chi connectivity index (χ1) is 12.2. The minimum absolute atomic E-state index is 0.248. The maximum Gasteiger partial charge on any atom is 0.334 e. The zero-order valence-corrected chi connectivity index (χ0v) is 15.4. The molecule has 4 rings (SSSR count). The highest BCUT2D eigenvalue weighted by Crippen LogP contribution is 2.62. The van der Waals surface area contributed by atoms with Crippen LogP contribution in [-0.4, -0.2) is 47.1 Å². The lowest BCUT2D eigenvalue weighted by atomic mass is 9.80. The van der Waals surface area contributed by atoms with Gasteiger partial charge in [0, 0.05) is 17.6 Å². The molecular weight excluding hydrogens is 336 g/mol. The number of fused-ring (bicyclic) bond motifs is 5. The summed E-state index contributed by atoms with van der Waals surface area (Å²) >= 11 is 0. The van der Waals surface area contributed by atoms with Gasteiger partial charge in [0.25, 0.3) is 0 Å². The van der Waals surface area contributed by atoms with Gasteiger partial charge >= 0.3 is 11.9 Å². The number of rotatable bonds is 2. The number of esters is 2. The molecule has 26 heavy (non-hydrogen) atoms. The fraction of sp³-hybridized carbons (Fsp3) is 0.600. The summed E-state index contributed by atoms with van der Waals surface area (Å²) in [6.07, 6.45) is 0.0335. The summed E-state index contributed by atoms with van der Waals surface area (Å²) < 4.78 is 17.2. The normalized spacial score (nSPS) is 44.1. The number of hydrogen-bond acceptors (Lipinski definition) is 6. The second-order valence-corrected chi connectivity index (χ2v) is 7.92. The molecule has 2 aliphatic heterocycles. The van der Waals surface area contributed by atoms with Gasteiger partial charge in [0.2, 0.25) is 0 Å². The van der Waals surface area contributed by atoms with E-state index in [1.165, 1.54) is 0 Å². The Balaban J connectivity index is 1.76. The number of aliphatic hydroxyl groups is 1. The number of allylic oxidation sites excluding steroid dienone is 1. The number of epoxide rings is 1. The molecule has 140 valence electrons. The maximum atomic E-state index is 12.3. The molecular formula is C20H24O6. The summed E-state index contributed by atoms with van der Waals surface area (Å²) in [5.41, 5.74) is 2.10. The predicted octanol–water partition coefficient (Wildman–Crippen LogP) is 1.83. The Labute approximate surface area is 152 Å². The third-order valence-electron chi connectivity index (χ3n) is 6.45. The average Bonchev–Trinajstić information content (AvgIpc) is 3.15. The molecule has 1 N–H and O–H groups in total. The van der Waals surface area contributed by atoms with Crippen LogP contribution in [0.3, 0.4) is 0 Å². The van der Waals surface area contributed by atoms with Crippen LogP contribution in [0.25, 0.3) is 0 Å². The minimum Gasteiger partial charge on any atom is -0.458 e. The van der Waals surface area contributed by atoms with Crippen molar-refractivity contribution in [1.82, 2.24) is 0 Å². The number of ether oxygens (including phenoxy) is 3. The van der Waals surface area contributed by atoms with E-state index in [0.717, 1.165) is 11.1 Å². The molecule has 4 aliphatic rings. The van der Waals surface area contributed by atoms with Gasteiger partial charge in [0.1, 0.15) is 30.0 Å². The van der Waals surface area contributed by atoms with Crippen LogP contribution < -0.4 is 0 Å². The van der Waals surface area contributed by atoms with Gasteiger partial charge in [-0.3, -0.25) is 0 Å². The van der Waals surface area contributed by atoms with Crippen LogP contribution in [0.5, 0.6) is 0 Å². The molecule has 0 aromatic rings. The monoisotopic (exact) mass is 360 g/mol. The molecule has 7 atom stereocenters. The SMILES string of the molecule is C=C1C(=O)O[C@@H]2[C@@H]1[C@H](OC(=O)/C(C)=C\C)CC(C)=C1[C@H](O)[C@H]3O[C@@]3(C)[C@@H]12. The zero-order valence-electron chi connectivity index (χ0n) is 15.4. The highest BCUT2D eigenvalue weighted by molar-refractivity contribution is 5.92. The van der Waals surface area contributed by atoms with Crippen LogP contribution in [0.15, 0.2) is 34.9 Å². The van der Waals surface area contributed by atoms with E-state index in [2.05, 4.69) is 6.58 Å². The Hall–Kier alpha value is -1.92. The number of carbonyl (C=O) groups excluding carboxylic acids is 2. The van der Waals surface area contributed by atoms with Crippen molar-refractivity contribution in [3.63, 3.8) is 0 Å². The second-order valence-electron chi connectivity index (χ2n) is 7.92. The third kappa shape index (κ3) is 2.18. The van der Waals surface area contributed by atoms with Crippen molar-refractivity contribution in [2.45, 2.75) is 64.1 Å². The molecule has 0 unspecified atom stereocenters. The van der Waals surface area contributed by atoms with Crippen LogP contribution in [0, 0.1) is 11.8 Å². The standard InChI is InChI=1S/C20H24O6/c1-6-8(2)18(22)24-11-7-9(3)12-14(20(5)17(26-20)15(12)21)16-13(11)10(4)19(23)25-16/h6,11,13-17,21H,4,7H2,1-3,5H3/b8-6-/t11-,13+,14+,15+,16-,17-,20+/m1/s1. The Bertz CT molecular complexity index is 777. The van der Waals surface area contributed by atoms with Gasteiger partial charge in [-0.25, -0.2) is 9.59 Å². The molecule has 0 amide bonds. The van der Waals surface area contributed by atoms with E-state index in [0.29, 0.717) is 17.6 Å². The van der Waals surface area contributed by atoms with E-state index in [9.17, 15) is 14.7 Å². The molecule has 3 fully saturated rings. The topological polar surface area (TPSA) is 85.4 Å². The van der Waals surface area contributed by atoms with Crippen molar-refractivity contribution in [2.75, 3.05) is 0 Å². The van der Waals surface area contributed by atoms with Crippen molar-refractivity contribution in [2.24, 2.45) is 11.8 Å². The lowest BCUT2D eigenvalue weighted by molar-refractivity contribution is -0.149. The van der Waals surface area contributed by atoms with Gasteiger partial charge in [-0.05, 0) is 33.3 Å². The van der Waals surface area contributed by atoms with Crippen molar-refractivity contribution >= 4 is 11.9 Å².